The Hall–Kier alpha value is -3.22. The average Bonchev–Trinajstić information content (AvgIpc) is 2.98. The summed E-state index contributed by atoms with van der Waals surface area (Å²) in [4.78, 5) is 17.0. The maximum absolute atomic E-state index is 13.9. The second kappa shape index (κ2) is 7.07. The molecule has 0 saturated carbocycles. The molecule has 1 aliphatic rings. The molecule has 1 amide bonds. The normalized spacial score (nSPS) is 14.0. The topological polar surface area (TPSA) is 54.3 Å². The number of rotatable bonds is 2. The van der Waals surface area contributed by atoms with Crippen LogP contribution in [0.15, 0.2) is 42.5 Å². The largest absolute Gasteiger partial charge is 0.373 e. The van der Waals surface area contributed by atoms with Gasteiger partial charge >= 0.3 is 0 Å². The van der Waals surface area contributed by atoms with Crippen LogP contribution in [0.25, 0.3) is 5.69 Å². The zero-order chi connectivity index (χ0) is 19.8. The van der Waals surface area contributed by atoms with Crippen molar-refractivity contribution in [3.8, 4) is 5.69 Å². The molecule has 0 radical (unpaired) electrons. The molecule has 2 aromatic carbocycles. The van der Waals surface area contributed by atoms with Crippen LogP contribution in [-0.4, -0.2) is 41.0 Å². The van der Waals surface area contributed by atoms with Gasteiger partial charge in [-0.2, -0.15) is 0 Å². The van der Waals surface area contributed by atoms with E-state index in [1.165, 1.54) is 12.1 Å². The first-order chi connectivity index (χ1) is 13.5. The monoisotopic (exact) mass is 379 g/mol. The third-order valence-electron chi connectivity index (χ3n) is 5.14. The van der Waals surface area contributed by atoms with Crippen molar-refractivity contribution in [3.05, 3.63) is 65.2 Å². The predicted molar refractivity (Wildman–Crippen MR) is 107 cm³/mol. The number of aromatic nitrogens is 3. The highest BCUT2D eigenvalue weighted by Crippen LogP contribution is 2.33. The molecular weight excluding hydrogens is 357 g/mol. The minimum Gasteiger partial charge on any atom is -0.373 e. The third-order valence-corrected chi connectivity index (χ3v) is 5.14. The van der Waals surface area contributed by atoms with E-state index < -0.39 is 0 Å². The van der Waals surface area contributed by atoms with E-state index in [9.17, 15) is 9.18 Å². The number of amides is 1. The first kappa shape index (κ1) is 18.2. The molecule has 144 valence electrons. The second-order valence-corrected chi connectivity index (χ2v) is 7.14. The molecule has 7 heteroatoms. The van der Waals surface area contributed by atoms with Crippen molar-refractivity contribution < 1.29 is 9.18 Å². The fraction of sp³-hybridized carbons (Fsp3) is 0.286. The average molecular weight is 379 g/mol. The Balaban J connectivity index is 1.73. The third kappa shape index (κ3) is 3.13. The lowest BCUT2D eigenvalue weighted by Crippen LogP contribution is -2.32. The number of benzene rings is 2. The van der Waals surface area contributed by atoms with Gasteiger partial charge in [0, 0.05) is 20.1 Å². The van der Waals surface area contributed by atoms with Crippen LogP contribution in [0.1, 0.15) is 28.2 Å². The highest BCUT2D eigenvalue weighted by Gasteiger charge is 2.28. The number of hydrogen-bond donors (Lipinski definition) is 0. The Kier molecular flexibility index (Phi) is 4.58. The summed E-state index contributed by atoms with van der Waals surface area (Å²) in [7, 11) is 1.95. The number of halogens is 1. The van der Waals surface area contributed by atoms with Crippen molar-refractivity contribution in [2.45, 2.75) is 20.3 Å². The van der Waals surface area contributed by atoms with Gasteiger partial charge in [-0.25, -0.2) is 9.07 Å². The van der Waals surface area contributed by atoms with Crippen molar-refractivity contribution in [1.29, 1.82) is 0 Å². The van der Waals surface area contributed by atoms with Crippen LogP contribution in [0, 0.1) is 19.7 Å². The first-order valence-electron chi connectivity index (χ1n) is 9.27. The van der Waals surface area contributed by atoms with Gasteiger partial charge in [0.05, 0.1) is 22.8 Å². The lowest BCUT2D eigenvalue weighted by Gasteiger charge is -2.24. The molecular formula is C21H22FN5O. The lowest BCUT2D eigenvalue weighted by molar-refractivity contribution is 0.0982. The summed E-state index contributed by atoms with van der Waals surface area (Å²) in [5, 5.41) is 8.33. The van der Waals surface area contributed by atoms with Gasteiger partial charge in [0.1, 0.15) is 5.82 Å². The number of fused-ring (bicyclic) bond motifs is 1. The molecule has 0 spiro atoms. The van der Waals surface area contributed by atoms with Gasteiger partial charge in [-0.15, -0.1) is 5.10 Å². The predicted octanol–water partition coefficient (Wildman–Crippen LogP) is 3.51. The Morgan fingerprint density at radius 1 is 1.04 bits per heavy atom. The molecule has 28 heavy (non-hydrogen) atoms. The van der Waals surface area contributed by atoms with Gasteiger partial charge in [0.25, 0.3) is 5.91 Å². The zero-order valence-corrected chi connectivity index (χ0v) is 16.2. The summed E-state index contributed by atoms with van der Waals surface area (Å²) in [5.41, 5.74) is 4.32. The van der Waals surface area contributed by atoms with Crippen molar-refractivity contribution in [2.24, 2.45) is 0 Å². The van der Waals surface area contributed by atoms with E-state index in [0.717, 1.165) is 29.9 Å². The fourth-order valence-electron chi connectivity index (χ4n) is 3.54. The standard InChI is InChI=1S/C21H22FN5O/c1-14-5-8-17(9-6-14)27-15(2)20(23-24-27)21(28)26-12-4-11-25(3)18-10-7-16(22)13-19(18)26/h5-10,13H,4,11-12H2,1-3H3. The summed E-state index contributed by atoms with van der Waals surface area (Å²) in [5.74, 6) is -0.634. The molecule has 6 nitrogen and oxygen atoms in total. The molecule has 0 bridgehead atoms. The number of carbonyl (C=O) groups is 1. The molecule has 1 aromatic heterocycles. The van der Waals surface area contributed by atoms with Crippen LogP contribution < -0.4 is 9.80 Å². The maximum atomic E-state index is 13.9. The molecule has 0 aliphatic carbocycles. The minimum absolute atomic E-state index is 0.266. The number of aryl methyl sites for hydroxylation is 1. The SMILES string of the molecule is Cc1ccc(-n2nnc(C(=O)N3CCCN(C)c4ccc(F)cc43)c2C)cc1. The minimum atomic E-state index is -0.369. The Labute approximate surface area is 163 Å². The molecule has 3 aromatic rings. The highest BCUT2D eigenvalue weighted by molar-refractivity contribution is 6.07. The second-order valence-electron chi connectivity index (χ2n) is 7.14. The van der Waals surface area contributed by atoms with Crippen molar-refractivity contribution in [1.82, 2.24) is 15.0 Å². The van der Waals surface area contributed by atoms with Gasteiger partial charge in [-0.05, 0) is 50.6 Å². The molecule has 2 heterocycles. The van der Waals surface area contributed by atoms with Crippen LogP contribution in [0.4, 0.5) is 15.8 Å². The highest BCUT2D eigenvalue weighted by atomic mass is 19.1. The molecule has 0 atom stereocenters. The Bertz CT molecular complexity index is 1030. The number of anilines is 2. The zero-order valence-electron chi connectivity index (χ0n) is 16.2. The van der Waals surface area contributed by atoms with E-state index in [1.54, 1.807) is 15.6 Å². The smallest absolute Gasteiger partial charge is 0.280 e. The molecule has 0 saturated heterocycles. The molecule has 0 N–H and O–H groups in total. The first-order valence-corrected chi connectivity index (χ1v) is 9.27. The Morgan fingerprint density at radius 3 is 2.54 bits per heavy atom. The van der Waals surface area contributed by atoms with E-state index in [0.29, 0.717) is 17.9 Å². The van der Waals surface area contributed by atoms with Crippen LogP contribution in [0.3, 0.4) is 0 Å². The van der Waals surface area contributed by atoms with Gasteiger partial charge < -0.3 is 9.80 Å². The number of hydrogen-bond acceptors (Lipinski definition) is 4. The Morgan fingerprint density at radius 2 is 1.79 bits per heavy atom. The van der Waals surface area contributed by atoms with E-state index in [4.69, 9.17) is 0 Å². The quantitative estimate of drug-likeness (QED) is 0.684. The van der Waals surface area contributed by atoms with E-state index >= 15 is 0 Å². The fourth-order valence-corrected chi connectivity index (χ4v) is 3.54. The molecule has 4 rings (SSSR count). The van der Waals surface area contributed by atoms with Gasteiger partial charge in [-0.1, -0.05) is 22.9 Å². The van der Waals surface area contributed by atoms with Crippen LogP contribution >= 0.6 is 0 Å². The summed E-state index contributed by atoms with van der Waals surface area (Å²) in [6.45, 7) is 5.12. The van der Waals surface area contributed by atoms with Crippen LogP contribution in [0.2, 0.25) is 0 Å². The number of nitrogens with zero attached hydrogens (tertiary/aromatic N) is 5. The van der Waals surface area contributed by atoms with Gasteiger partial charge in [0.2, 0.25) is 0 Å². The molecule has 1 aliphatic heterocycles. The summed E-state index contributed by atoms with van der Waals surface area (Å²) in [6, 6.07) is 12.4. The van der Waals surface area contributed by atoms with Crippen molar-refractivity contribution >= 4 is 17.3 Å². The van der Waals surface area contributed by atoms with Crippen LogP contribution in [-0.2, 0) is 0 Å². The number of carbonyl (C=O) groups excluding carboxylic acids is 1. The summed E-state index contributed by atoms with van der Waals surface area (Å²) >= 11 is 0. The molecule has 0 fully saturated rings. The summed E-state index contributed by atoms with van der Waals surface area (Å²) < 4.78 is 15.6. The van der Waals surface area contributed by atoms with Crippen molar-refractivity contribution in [2.75, 3.05) is 29.9 Å². The van der Waals surface area contributed by atoms with Crippen molar-refractivity contribution in [3.63, 3.8) is 0 Å². The lowest BCUT2D eigenvalue weighted by atomic mass is 10.2. The van der Waals surface area contributed by atoms with Gasteiger partial charge in [0.15, 0.2) is 5.69 Å². The van der Waals surface area contributed by atoms with E-state index in [1.807, 2.05) is 50.1 Å². The van der Waals surface area contributed by atoms with Gasteiger partial charge in [-0.3, -0.25) is 4.79 Å². The van der Waals surface area contributed by atoms with E-state index in [2.05, 4.69) is 10.3 Å². The van der Waals surface area contributed by atoms with Crippen LogP contribution in [0.5, 0.6) is 0 Å². The maximum Gasteiger partial charge on any atom is 0.280 e. The molecule has 0 unspecified atom stereocenters. The van der Waals surface area contributed by atoms with E-state index in [-0.39, 0.29) is 17.4 Å². The summed E-state index contributed by atoms with van der Waals surface area (Å²) in [6.07, 6.45) is 0.781.